The maximum Gasteiger partial charge on any atom is 0.244 e. The van der Waals surface area contributed by atoms with Crippen molar-refractivity contribution in [2.75, 3.05) is 18.0 Å². The van der Waals surface area contributed by atoms with Gasteiger partial charge in [0.2, 0.25) is 5.91 Å². The topological polar surface area (TPSA) is 63.1 Å². The number of carbonyl (C=O) groups is 1. The number of carbonyl (C=O) groups excluding carboxylic acids is 1. The normalized spacial score (nSPS) is 14.8. The van der Waals surface area contributed by atoms with E-state index in [1.54, 1.807) is 10.8 Å². The molecule has 6 nitrogen and oxygen atoms in total. The molecule has 1 fully saturated rings. The maximum absolute atomic E-state index is 12.2. The summed E-state index contributed by atoms with van der Waals surface area (Å²) in [5, 5.41) is 7.95. The highest BCUT2D eigenvalue weighted by Gasteiger charge is 2.12. The average molecular weight is 430 g/mol. The molecule has 1 N–H and O–H groups in total. The molecule has 3 rings (SSSR count). The van der Waals surface area contributed by atoms with Gasteiger partial charge in [-0.1, -0.05) is 43.9 Å². The molecule has 3 heterocycles. The van der Waals surface area contributed by atoms with Crippen LogP contribution in [0.1, 0.15) is 62.3 Å². The van der Waals surface area contributed by atoms with Crippen molar-refractivity contribution in [1.82, 2.24) is 20.1 Å². The lowest BCUT2D eigenvalue weighted by molar-refractivity contribution is -0.116. The Balaban J connectivity index is 1.52. The Morgan fingerprint density at radius 3 is 2.67 bits per heavy atom. The number of halogens is 1. The van der Waals surface area contributed by atoms with Gasteiger partial charge in [0.1, 0.15) is 11.0 Å². The summed E-state index contributed by atoms with van der Waals surface area (Å²) in [6, 6.07) is 4.09. The molecule has 2 aromatic rings. The molecule has 0 saturated carbocycles. The van der Waals surface area contributed by atoms with Crippen molar-refractivity contribution >= 4 is 29.4 Å². The minimum absolute atomic E-state index is 0.164. The second-order valence-electron chi connectivity index (χ2n) is 7.84. The Bertz CT molecular complexity index is 851. The van der Waals surface area contributed by atoms with E-state index in [0.717, 1.165) is 55.1 Å². The molecule has 1 saturated heterocycles. The number of amides is 1. The van der Waals surface area contributed by atoms with Crippen molar-refractivity contribution in [1.29, 1.82) is 0 Å². The summed E-state index contributed by atoms with van der Waals surface area (Å²) in [5.74, 6) is 0.862. The maximum atomic E-state index is 12.2. The van der Waals surface area contributed by atoms with Crippen LogP contribution in [-0.2, 0) is 17.9 Å². The van der Waals surface area contributed by atoms with E-state index in [0.29, 0.717) is 11.7 Å². The van der Waals surface area contributed by atoms with Crippen LogP contribution in [0.3, 0.4) is 0 Å². The van der Waals surface area contributed by atoms with Crippen molar-refractivity contribution in [2.45, 2.75) is 65.5 Å². The van der Waals surface area contributed by atoms with Crippen LogP contribution in [-0.4, -0.2) is 33.8 Å². The predicted octanol–water partition coefficient (Wildman–Crippen LogP) is 4.75. The number of aryl methyl sites for hydroxylation is 2. The Morgan fingerprint density at radius 1 is 1.23 bits per heavy atom. The first-order valence-electron chi connectivity index (χ1n) is 11.0. The van der Waals surface area contributed by atoms with Crippen LogP contribution in [0, 0.1) is 6.92 Å². The summed E-state index contributed by atoms with van der Waals surface area (Å²) in [6.07, 6.45) is 12.3. The van der Waals surface area contributed by atoms with E-state index < -0.39 is 0 Å². The largest absolute Gasteiger partial charge is 0.357 e. The molecule has 7 heteroatoms. The standard InChI is InChI=1S/C23H32ClN5O/c1-3-4-15-29-23(24)20(18(2)27-29)10-12-22(30)26-17-19-9-11-21(25-16-19)28-13-7-5-6-8-14-28/h9-12,16H,3-8,13-15,17H2,1-2H3,(H,26,30). The molecule has 0 bridgehead atoms. The number of rotatable bonds is 8. The summed E-state index contributed by atoms with van der Waals surface area (Å²) >= 11 is 6.42. The Labute approximate surface area is 184 Å². The highest BCUT2D eigenvalue weighted by atomic mass is 35.5. The summed E-state index contributed by atoms with van der Waals surface area (Å²) in [6.45, 7) is 7.42. The molecule has 2 aromatic heterocycles. The van der Waals surface area contributed by atoms with E-state index in [1.165, 1.54) is 31.8 Å². The molecular weight excluding hydrogens is 398 g/mol. The summed E-state index contributed by atoms with van der Waals surface area (Å²) in [4.78, 5) is 19.2. The van der Waals surface area contributed by atoms with Gasteiger partial charge in [-0.05, 0) is 43.9 Å². The minimum atomic E-state index is -0.164. The van der Waals surface area contributed by atoms with E-state index in [-0.39, 0.29) is 5.91 Å². The molecule has 30 heavy (non-hydrogen) atoms. The fourth-order valence-electron chi connectivity index (χ4n) is 3.63. The highest BCUT2D eigenvalue weighted by molar-refractivity contribution is 6.31. The fourth-order valence-corrected chi connectivity index (χ4v) is 3.95. The van der Waals surface area contributed by atoms with Crippen molar-refractivity contribution in [3.63, 3.8) is 0 Å². The van der Waals surface area contributed by atoms with Crippen molar-refractivity contribution in [2.24, 2.45) is 0 Å². The summed E-state index contributed by atoms with van der Waals surface area (Å²) in [5.41, 5.74) is 2.61. The van der Waals surface area contributed by atoms with Gasteiger partial charge in [0.05, 0.1) is 5.69 Å². The number of unbranched alkanes of at least 4 members (excludes halogenated alkanes) is 1. The van der Waals surface area contributed by atoms with Gasteiger partial charge in [0.15, 0.2) is 0 Å². The summed E-state index contributed by atoms with van der Waals surface area (Å²) in [7, 11) is 0. The number of pyridine rings is 1. The highest BCUT2D eigenvalue weighted by Crippen LogP contribution is 2.22. The van der Waals surface area contributed by atoms with Crippen LogP contribution >= 0.6 is 11.6 Å². The first-order valence-corrected chi connectivity index (χ1v) is 11.3. The molecule has 0 aliphatic carbocycles. The fraction of sp³-hybridized carbons (Fsp3) is 0.522. The molecule has 0 radical (unpaired) electrons. The quantitative estimate of drug-likeness (QED) is 0.615. The number of aromatic nitrogens is 3. The number of nitrogens with one attached hydrogen (secondary N) is 1. The third-order valence-electron chi connectivity index (χ3n) is 5.44. The zero-order valence-electron chi connectivity index (χ0n) is 18.0. The van der Waals surface area contributed by atoms with Crippen LogP contribution in [0.15, 0.2) is 24.4 Å². The van der Waals surface area contributed by atoms with Gasteiger partial charge in [0.25, 0.3) is 0 Å². The zero-order valence-corrected chi connectivity index (χ0v) is 18.8. The molecule has 1 aliphatic rings. The molecule has 1 amide bonds. The first-order chi connectivity index (χ1) is 14.6. The van der Waals surface area contributed by atoms with Crippen LogP contribution in [0.25, 0.3) is 6.08 Å². The van der Waals surface area contributed by atoms with Gasteiger partial charge in [-0.25, -0.2) is 4.98 Å². The second-order valence-corrected chi connectivity index (χ2v) is 8.20. The molecule has 0 spiro atoms. The van der Waals surface area contributed by atoms with Crippen LogP contribution in [0.5, 0.6) is 0 Å². The minimum Gasteiger partial charge on any atom is -0.357 e. The molecular formula is C23H32ClN5O. The van der Waals surface area contributed by atoms with E-state index in [4.69, 9.17) is 11.6 Å². The van der Waals surface area contributed by atoms with Gasteiger partial charge in [0, 0.05) is 44.0 Å². The van der Waals surface area contributed by atoms with Crippen LogP contribution in [0.4, 0.5) is 5.82 Å². The van der Waals surface area contributed by atoms with E-state index in [2.05, 4.69) is 33.3 Å². The molecule has 1 aliphatic heterocycles. The van der Waals surface area contributed by atoms with Gasteiger partial charge in [-0.2, -0.15) is 5.10 Å². The Hall–Kier alpha value is -2.34. The van der Waals surface area contributed by atoms with Crippen molar-refractivity contribution in [3.05, 3.63) is 46.4 Å². The van der Waals surface area contributed by atoms with Crippen LogP contribution < -0.4 is 10.2 Å². The molecule has 0 atom stereocenters. The number of hydrogen-bond acceptors (Lipinski definition) is 4. The van der Waals surface area contributed by atoms with Crippen molar-refractivity contribution in [3.8, 4) is 0 Å². The number of nitrogens with zero attached hydrogens (tertiary/aromatic N) is 4. The van der Waals surface area contributed by atoms with E-state index >= 15 is 0 Å². The number of hydrogen-bond donors (Lipinski definition) is 1. The molecule has 162 valence electrons. The van der Waals surface area contributed by atoms with Crippen LogP contribution in [0.2, 0.25) is 5.15 Å². The SMILES string of the molecule is CCCCn1nc(C)c(C=CC(=O)NCc2ccc(N3CCCCCC3)nc2)c1Cl. The molecule has 0 unspecified atom stereocenters. The lowest BCUT2D eigenvalue weighted by atomic mass is 10.2. The van der Waals surface area contributed by atoms with E-state index in [1.807, 2.05) is 19.2 Å². The van der Waals surface area contributed by atoms with E-state index in [9.17, 15) is 4.79 Å². The van der Waals surface area contributed by atoms with Gasteiger partial charge < -0.3 is 10.2 Å². The third-order valence-corrected chi connectivity index (χ3v) is 5.84. The Morgan fingerprint density at radius 2 is 2.00 bits per heavy atom. The smallest absolute Gasteiger partial charge is 0.244 e. The van der Waals surface area contributed by atoms with Gasteiger partial charge in [-0.15, -0.1) is 0 Å². The lowest BCUT2D eigenvalue weighted by Crippen LogP contribution is -2.25. The second kappa shape index (κ2) is 11.2. The molecule has 0 aromatic carbocycles. The third kappa shape index (κ3) is 6.08. The first kappa shape index (κ1) is 22.3. The monoisotopic (exact) mass is 429 g/mol. The Kier molecular flexibility index (Phi) is 8.31. The van der Waals surface area contributed by atoms with Gasteiger partial charge >= 0.3 is 0 Å². The zero-order chi connectivity index (χ0) is 21.3. The number of anilines is 1. The van der Waals surface area contributed by atoms with Gasteiger partial charge in [-0.3, -0.25) is 9.48 Å². The predicted molar refractivity (Wildman–Crippen MR) is 123 cm³/mol. The lowest BCUT2D eigenvalue weighted by Gasteiger charge is -2.21. The van der Waals surface area contributed by atoms with Crippen molar-refractivity contribution < 1.29 is 4.79 Å². The summed E-state index contributed by atoms with van der Waals surface area (Å²) < 4.78 is 1.80. The average Bonchev–Trinajstić information content (AvgIpc) is 2.94.